The van der Waals surface area contributed by atoms with Crippen molar-refractivity contribution in [2.24, 2.45) is 5.14 Å². The molecule has 4 N–H and O–H groups in total. The second-order valence-electron chi connectivity index (χ2n) is 4.00. The number of benzene rings is 1. The van der Waals surface area contributed by atoms with E-state index in [9.17, 15) is 18.0 Å². The number of carbonyl (C=O) groups excluding carboxylic acids is 1. The second kappa shape index (κ2) is 5.38. The van der Waals surface area contributed by atoms with E-state index in [4.69, 9.17) is 14.7 Å². The fourth-order valence-corrected chi connectivity index (χ4v) is 2.08. The molecule has 0 aliphatic carbocycles. The summed E-state index contributed by atoms with van der Waals surface area (Å²) in [5, 5.41) is 16.0. The van der Waals surface area contributed by atoms with Crippen LogP contribution >= 0.6 is 0 Å². The zero-order chi connectivity index (χ0) is 15.6. The van der Waals surface area contributed by atoms with Crippen LogP contribution in [0.3, 0.4) is 0 Å². The normalized spacial score (nSPS) is 11.1. The zero-order valence-corrected chi connectivity index (χ0v) is 11.3. The maximum absolute atomic E-state index is 11.8. The summed E-state index contributed by atoms with van der Waals surface area (Å²) >= 11 is 0. The molecule has 9 heteroatoms. The molecule has 21 heavy (non-hydrogen) atoms. The van der Waals surface area contributed by atoms with Gasteiger partial charge in [0.15, 0.2) is 5.76 Å². The molecule has 110 valence electrons. The first-order valence-electron chi connectivity index (χ1n) is 5.55. The van der Waals surface area contributed by atoms with E-state index >= 15 is 0 Å². The standard InChI is InChI=1S/C12H10N2O6S/c13-21(18,19)8-3-1-2-7(6-8)14-11(15)9-4-5-10(20-9)12(16)17/h1-6H,(H,14,15)(H,16,17)(H2,13,18,19). The summed E-state index contributed by atoms with van der Waals surface area (Å²) in [5.41, 5.74) is 0.180. The smallest absolute Gasteiger partial charge is 0.371 e. The predicted octanol–water partition coefficient (Wildman–Crippen LogP) is 0.878. The Hall–Kier alpha value is -2.65. The van der Waals surface area contributed by atoms with Crippen LogP contribution in [0.1, 0.15) is 21.1 Å². The Balaban J connectivity index is 2.21. The summed E-state index contributed by atoms with van der Waals surface area (Å²) in [6.45, 7) is 0. The Morgan fingerprint density at radius 2 is 1.81 bits per heavy atom. The molecule has 1 heterocycles. The summed E-state index contributed by atoms with van der Waals surface area (Å²) in [6.07, 6.45) is 0. The van der Waals surface area contributed by atoms with Gasteiger partial charge in [0.05, 0.1) is 4.90 Å². The van der Waals surface area contributed by atoms with Crippen molar-refractivity contribution in [3.05, 3.63) is 47.9 Å². The number of rotatable bonds is 4. The topological polar surface area (TPSA) is 140 Å². The highest BCUT2D eigenvalue weighted by Gasteiger charge is 2.16. The minimum Gasteiger partial charge on any atom is -0.475 e. The van der Waals surface area contributed by atoms with Gasteiger partial charge in [0.2, 0.25) is 15.8 Å². The fourth-order valence-electron chi connectivity index (χ4n) is 1.52. The van der Waals surface area contributed by atoms with Crippen LogP contribution in [0.2, 0.25) is 0 Å². The molecule has 2 rings (SSSR count). The number of carbonyl (C=O) groups is 2. The highest BCUT2D eigenvalue weighted by molar-refractivity contribution is 7.89. The van der Waals surface area contributed by atoms with Crippen molar-refractivity contribution in [1.82, 2.24) is 0 Å². The van der Waals surface area contributed by atoms with Gasteiger partial charge in [-0.1, -0.05) is 6.07 Å². The molecule has 0 saturated carbocycles. The van der Waals surface area contributed by atoms with Crippen molar-refractivity contribution in [2.75, 3.05) is 5.32 Å². The van der Waals surface area contributed by atoms with Crippen LogP contribution in [-0.4, -0.2) is 25.4 Å². The van der Waals surface area contributed by atoms with E-state index in [0.717, 1.165) is 6.07 Å². The van der Waals surface area contributed by atoms with Crippen molar-refractivity contribution < 1.29 is 27.5 Å². The largest absolute Gasteiger partial charge is 0.475 e. The van der Waals surface area contributed by atoms with Gasteiger partial charge in [0.1, 0.15) is 0 Å². The van der Waals surface area contributed by atoms with Crippen LogP contribution in [0.15, 0.2) is 45.7 Å². The lowest BCUT2D eigenvalue weighted by Crippen LogP contribution is -2.14. The minimum absolute atomic E-state index is 0.161. The van der Waals surface area contributed by atoms with Gasteiger partial charge in [-0.2, -0.15) is 0 Å². The van der Waals surface area contributed by atoms with Crippen LogP contribution in [0, 0.1) is 0 Å². The quantitative estimate of drug-likeness (QED) is 0.765. The maximum Gasteiger partial charge on any atom is 0.371 e. The molecule has 0 saturated heterocycles. The van der Waals surface area contributed by atoms with Crippen LogP contribution in [0.5, 0.6) is 0 Å². The molecule has 0 bridgehead atoms. The molecule has 8 nitrogen and oxygen atoms in total. The van der Waals surface area contributed by atoms with Gasteiger partial charge >= 0.3 is 5.97 Å². The number of primary sulfonamides is 1. The monoisotopic (exact) mass is 310 g/mol. The van der Waals surface area contributed by atoms with Crippen LogP contribution in [0.4, 0.5) is 5.69 Å². The molecule has 0 aliphatic rings. The van der Waals surface area contributed by atoms with E-state index in [1.807, 2.05) is 0 Å². The molecule has 0 aliphatic heterocycles. The molecule has 1 amide bonds. The number of hydrogen-bond acceptors (Lipinski definition) is 5. The molecule has 0 fully saturated rings. The highest BCUT2D eigenvalue weighted by atomic mass is 32.2. The summed E-state index contributed by atoms with van der Waals surface area (Å²) in [5.74, 6) is -2.61. The van der Waals surface area contributed by atoms with E-state index in [0.29, 0.717) is 0 Å². The summed E-state index contributed by atoms with van der Waals surface area (Å²) in [6, 6.07) is 7.64. The number of carboxylic acids is 1. The fraction of sp³-hybridized carbons (Fsp3) is 0. The van der Waals surface area contributed by atoms with Gasteiger partial charge in [-0.05, 0) is 30.3 Å². The maximum atomic E-state index is 11.8. The number of furan rings is 1. The molecule has 1 aromatic heterocycles. The van der Waals surface area contributed by atoms with Crippen LogP contribution in [-0.2, 0) is 10.0 Å². The van der Waals surface area contributed by atoms with E-state index in [-0.39, 0.29) is 22.1 Å². The molecular weight excluding hydrogens is 300 g/mol. The zero-order valence-electron chi connectivity index (χ0n) is 10.4. The molecular formula is C12H10N2O6S. The number of anilines is 1. The van der Waals surface area contributed by atoms with Crippen LogP contribution in [0.25, 0.3) is 0 Å². The number of sulfonamides is 1. The van der Waals surface area contributed by atoms with Gasteiger partial charge in [0, 0.05) is 5.69 Å². The van der Waals surface area contributed by atoms with Crippen molar-refractivity contribution in [3.63, 3.8) is 0 Å². The summed E-state index contributed by atoms with van der Waals surface area (Å²) < 4.78 is 27.2. The van der Waals surface area contributed by atoms with E-state index < -0.39 is 21.9 Å². The third-order valence-corrected chi connectivity index (χ3v) is 3.37. The third-order valence-electron chi connectivity index (χ3n) is 2.46. The molecule has 2 aromatic rings. The lowest BCUT2D eigenvalue weighted by Gasteiger charge is -2.05. The number of aromatic carboxylic acids is 1. The predicted molar refractivity (Wildman–Crippen MR) is 71.4 cm³/mol. The Bertz CT molecular complexity index is 809. The Morgan fingerprint density at radius 1 is 1.14 bits per heavy atom. The first-order chi connectivity index (χ1) is 9.77. The third kappa shape index (κ3) is 3.46. The van der Waals surface area contributed by atoms with Crippen molar-refractivity contribution in [1.29, 1.82) is 0 Å². The molecule has 0 spiro atoms. The number of nitrogens with one attached hydrogen (secondary N) is 1. The second-order valence-corrected chi connectivity index (χ2v) is 5.56. The number of nitrogens with two attached hydrogens (primary N) is 1. The highest BCUT2D eigenvalue weighted by Crippen LogP contribution is 2.16. The van der Waals surface area contributed by atoms with E-state index in [2.05, 4.69) is 5.32 Å². The van der Waals surface area contributed by atoms with Gasteiger partial charge < -0.3 is 14.8 Å². The van der Waals surface area contributed by atoms with Crippen molar-refractivity contribution in [2.45, 2.75) is 4.90 Å². The lowest BCUT2D eigenvalue weighted by atomic mass is 10.3. The molecule has 0 radical (unpaired) electrons. The first kappa shape index (κ1) is 14.8. The Kier molecular flexibility index (Phi) is 3.78. The Labute approximate surface area is 119 Å². The minimum atomic E-state index is -3.89. The van der Waals surface area contributed by atoms with Gasteiger partial charge in [-0.3, -0.25) is 4.79 Å². The number of amides is 1. The van der Waals surface area contributed by atoms with Crippen molar-refractivity contribution >= 4 is 27.6 Å². The molecule has 0 unspecified atom stereocenters. The van der Waals surface area contributed by atoms with Gasteiger partial charge in [-0.25, -0.2) is 18.4 Å². The van der Waals surface area contributed by atoms with E-state index in [1.54, 1.807) is 0 Å². The van der Waals surface area contributed by atoms with Crippen molar-refractivity contribution in [3.8, 4) is 0 Å². The molecule has 1 aromatic carbocycles. The number of hydrogen-bond donors (Lipinski definition) is 3. The SMILES string of the molecule is NS(=O)(=O)c1cccc(NC(=O)c2ccc(C(=O)O)o2)c1. The average Bonchev–Trinajstić information content (AvgIpc) is 2.88. The summed E-state index contributed by atoms with van der Waals surface area (Å²) in [7, 11) is -3.89. The van der Waals surface area contributed by atoms with Gasteiger partial charge in [-0.15, -0.1) is 0 Å². The lowest BCUT2D eigenvalue weighted by molar-refractivity contribution is 0.0660. The van der Waals surface area contributed by atoms with E-state index in [1.165, 1.54) is 30.3 Å². The van der Waals surface area contributed by atoms with Crippen LogP contribution < -0.4 is 10.5 Å². The van der Waals surface area contributed by atoms with Gasteiger partial charge in [0.25, 0.3) is 5.91 Å². The number of carboxylic acid groups (broad SMARTS) is 1. The average molecular weight is 310 g/mol. The first-order valence-corrected chi connectivity index (χ1v) is 7.09. The summed E-state index contributed by atoms with van der Waals surface area (Å²) in [4.78, 5) is 22.3. The molecule has 0 atom stereocenters. The Morgan fingerprint density at radius 3 is 2.38 bits per heavy atom.